The van der Waals surface area contributed by atoms with E-state index in [0.717, 1.165) is 5.56 Å². The van der Waals surface area contributed by atoms with E-state index in [9.17, 15) is 4.79 Å². The minimum Gasteiger partial charge on any atom is -0.351 e. The second-order valence-electron chi connectivity index (χ2n) is 2.51. The Morgan fingerprint density at radius 1 is 1.54 bits per heavy atom. The highest BCUT2D eigenvalue weighted by Gasteiger charge is 2.02. The quantitative estimate of drug-likeness (QED) is 0.671. The molecule has 1 aromatic rings. The summed E-state index contributed by atoms with van der Waals surface area (Å²) in [6, 6.07) is 4.49. The predicted molar refractivity (Wildman–Crippen MR) is 52.5 cm³/mol. The Balaban J connectivity index is 2.96. The molecule has 0 heterocycles. The minimum atomic E-state index is -0.643. The van der Waals surface area contributed by atoms with Gasteiger partial charge in [-0.15, -0.1) is 0 Å². The fraction of sp³-hybridized carbons (Fsp3) is 0.125. The van der Waals surface area contributed by atoms with Crippen molar-refractivity contribution >= 4 is 23.3 Å². The fourth-order valence-corrected chi connectivity index (χ4v) is 1.09. The average molecular weight is 200 g/mol. The van der Waals surface area contributed by atoms with E-state index in [4.69, 9.17) is 23.1 Å². The third-order valence-electron chi connectivity index (χ3n) is 1.52. The van der Waals surface area contributed by atoms with E-state index in [2.05, 4.69) is 5.32 Å². The van der Waals surface area contributed by atoms with Crippen LogP contribution in [0.4, 0.5) is 10.5 Å². The summed E-state index contributed by atoms with van der Waals surface area (Å²) in [6.45, 7) is 0.393. The van der Waals surface area contributed by atoms with Crippen molar-refractivity contribution in [3.63, 3.8) is 0 Å². The van der Waals surface area contributed by atoms with Crippen molar-refractivity contribution < 1.29 is 4.79 Å². The monoisotopic (exact) mass is 199 g/mol. The number of anilines is 1. The lowest BCUT2D eigenvalue weighted by Gasteiger charge is -2.05. The van der Waals surface area contributed by atoms with Crippen LogP contribution in [0.2, 0.25) is 5.02 Å². The van der Waals surface area contributed by atoms with E-state index in [1.807, 2.05) is 0 Å². The molecule has 0 spiro atoms. The Labute approximate surface area is 80.9 Å². The molecular weight excluding hydrogens is 190 g/mol. The van der Waals surface area contributed by atoms with Gasteiger partial charge < -0.3 is 16.8 Å². The van der Waals surface area contributed by atoms with Gasteiger partial charge in [0.05, 0.1) is 10.7 Å². The van der Waals surface area contributed by atoms with Crippen molar-refractivity contribution in [2.24, 2.45) is 11.5 Å². The molecule has 0 saturated heterocycles. The maximum absolute atomic E-state index is 10.5. The van der Waals surface area contributed by atoms with E-state index >= 15 is 0 Å². The first-order valence-electron chi connectivity index (χ1n) is 3.68. The number of hydrogen-bond acceptors (Lipinski definition) is 2. The lowest BCUT2D eigenvalue weighted by molar-refractivity contribution is 0.259. The number of benzene rings is 1. The summed E-state index contributed by atoms with van der Waals surface area (Å²) in [5.41, 5.74) is 11.7. The van der Waals surface area contributed by atoms with Crippen molar-refractivity contribution in [2.45, 2.75) is 6.54 Å². The molecule has 0 aromatic heterocycles. The summed E-state index contributed by atoms with van der Waals surface area (Å²) < 4.78 is 0. The highest BCUT2D eigenvalue weighted by atomic mass is 35.5. The molecule has 0 atom stereocenters. The summed E-state index contributed by atoms with van der Waals surface area (Å²) in [5, 5.41) is 2.84. The van der Waals surface area contributed by atoms with Crippen LogP contribution in [0.1, 0.15) is 5.56 Å². The molecular formula is C8H10ClN3O. The largest absolute Gasteiger partial charge is 0.351 e. The first-order chi connectivity index (χ1) is 6.13. The number of amides is 2. The lowest BCUT2D eigenvalue weighted by Crippen LogP contribution is -2.19. The van der Waals surface area contributed by atoms with Gasteiger partial charge in [-0.25, -0.2) is 4.79 Å². The number of nitrogens with one attached hydrogen (secondary N) is 1. The smallest absolute Gasteiger partial charge is 0.316 e. The normalized spacial score (nSPS) is 9.69. The summed E-state index contributed by atoms with van der Waals surface area (Å²) >= 11 is 5.79. The van der Waals surface area contributed by atoms with Crippen molar-refractivity contribution in [3.05, 3.63) is 28.8 Å². The zero-order chi connectivity index (χ0) is 9.84. The van der Waals surface area contributed by atoms with Gasteiger partial charge in [-0.05, 0) is 17.7 Å². The third kappa shape index (κ3) is 2.61. The van der Waals surface area contributed by atoms with Gasteiger partial charge in [-0.1, -0.05) is 17.7 Å². The van der Waals surface area contributed by atoms with Crippen LogP contribution in [-0.2, 0) is 6.54 Å². The van der Waals surface area contributed by atoms with Gasteiger partial charge >= 0.3 is 6.03 Å². The second-order valence-corrected chi connectivity index (χ2v) is 2.91. The van der Waals surface area contributed by atoms with Crippen molar-refractivity contribution in [1.29, 1.82) is 0 Å². The molecule has 70 valence electrons. The number of carbonyl (C=O) groups is 1. The zero-order valence-electron chi connectivity index (χ0n) is 6.88. The predicted octanol–water partition coefficient (Wildman–Crippen LogP) is 1.29. The topological polar surface area (TPSA) is 81.1 Å². The summed E-state index contributed by atoms with van der Waals surface area (Å²) in [6.07, 6.45) is 0. The number of nitrogens with two attached hydrogens (primary N) is 2. The fourth-order valence-electron chi connectivity index (χ4n) is 0.928. The highest BCUT2D eigenvalue weighted by Crippen LogP contribution is 2.22. The zero-order valence-corrected chi connectivity index (χ0v) is 7.64. The maximum atomic E-state index is 10.5. The summed E-state index contributed by atoms with van der Waals surface area (Å²) in [7, 11) is 0. The average Bonchev–Trinajstić information content (AvgIpc) is 2.08. The number of primary amides is 1. The van der Waals surface area contributed by atoms with E-state index in [-0.39, 0.29) is 0 Å². The van der Waals surface area contributed by atoms with Crippen LogP contribution in [0, 0.1) is 0 Å². The Bertz CT molecular complexity index is 327. The first kappa shape index (κ1) is 9.83. The molecule has 0 bridgehead atoms. The van der Waals surface area contributed by atoms with Crippen LogP contribution in [-0.4, -0.2) is 6.03 Å². The lowest BCUT2D eigenvalue weighted by atomic mass is 10.2. The minimum absolute atomic E-state index is 0.393. The van der Waals surface area contributed by atoms with Crippen molar-refractivity contribution in [2.75, 3.05) is 5.32 Å². The Morgan fingerprint density at radius 2 is 2.23 bits per heavy atom. The number of rotatable bonds is 2. The van der Waals surface area contributed by atoms with E-state index in [1.165, 1.54) is 0 Å². The molecule has 4 nitrogen and oxygen atoms in total. The van der Waals surface area contributed by atoms with Gasteiger partial charge in [-0.2, -0.15) is 0 Å². The van der Waals surface area contributed by atoms with E-state index in [0.29, 0.717) is 17.3 Å². The molecule has 0 aliphatic rings. The van der Waals surface area contributed by atoms with Gasteiger partial charge in [0.2, 0.25) is 0 Å². The van der Waals surface area contributed by atoms with E-state index in [1.54, 1.807) is 18.2 Å². The first-order valence-corrected chi connectivity index (χ1v) is 4.06. The molecule has 0 unspecified atom stereocenters. The van der Waals surface area contributed by atoms with Crippen LogP contribution in [0.3, 0.4) is 0 Å². The van der Waals surface area contributed by atoms with Gasteiger partial charge in [0.1, 0.15) is 0 Å². The van der Waals surface area contributed by atoms with Crippen LogP contribution in [0.15, 0.2) is 18.2 Å². The molecule has 1 aromatic carbocycles. The number of carbonyl (C=O) groups excluding carboxylic acids is 1. The molecule has 1 rings (SSSR count). The number of halogens is 1. The Morgan fingerprint density at radius 3 is 2.77 bits per heavy atom. The molecule has 0 radical (unpaired) electrons. The molecule has 5 N–H and O–H groups in total. The number of hydrogen-bond donors (Lipinski definition) is 3. The molecule has 0 aliphatic carbocycles. The van der Waals surface area contributed by atoms with Crippen molar-refractivity contribution in [3.8, 4) is 0 Å². The SMILES string of the molecule is NCc1ccc(Cl)c(NC(N)=O)c1. The molecule has 0 aliphatic heterocycles. The molecule has 0 fully saturated rings. The molecule has 13 heavy (non-hydrogen) atoms. The molecule has 5 heteroatoms. The van der Waals surface area contributed by atoms with Crippen LogP contribution in [0.5, 0.6) is 0 Å². The molecule has 0 saturated carbocycles. The van der Waals surface area contributed by atoms with Crippen LogP contribution in [0.25, 0.3) is 0 Å². The summed E-state index contributed by atoms with van der Waals surface area (Å²) in [5.74, 6) is 0. The van der Waals surface area contributed by atoms with E-state index < -0.39 is 6.03 Å². The van der Waals surface area contributed by atoms with Gasteiger partial charge in [0.15, 0.2) is 0 Å². The van der Waals surface area contributed by atoms with Crippen LogP contribution < -0.4 is 16.8 Å². The third-order valence-corrected chi connectivity index (χ3v) is 1.85. The maximum Gasteiger partial charge on any atom is 0.316 e. The van der Waals surface area contributed by atoms with Gasteiger partial charge in [-0.3, -0.25) is 0 Å². The van der Waals surface area contributed by atoms with Crippen molar-refractivity contribution in [1.82, 2.24) is 0 Å². The summed E-state index contributed by atoms with van der Waals surface area (Å²) in [4.78, 5) is 10.5. The Hall–Kier alpha value is -1.26. The Kier molecular flexibility index (Phi) is 3.11. The van der Waals surface area contributed by atoms with Gasteiger partial charge in [0.25, 0.3) is 0 Å². The van der Waals surface area contributed by atoms with Gasteiger partial charge in [0, 0.05) is 6.54 Å². The standard InChI is InChI=1S/C8H10ClN3O/c9-6-2-1-5(4-10)3-7(6)12-8(11)13/h1-3H,4,10H2,(H3,11,12,13). The second kappa shape index (κ2) is 4.11. The highest BCUT2D eigenvalue weighted by molar-refractivity contribution is 6.33. The van der Waals surface area contributed by atoms with Crippen LogP contribution >= 0.6 is 11.6 Å². The molecule has 2 amide bonds. The number of urea groups is 1.